The van der Waals surface area contributed by atoms with Crippen LogP contribution in [0, 0.1) is 33.8 Å². The number of rotatable bonds is 7. The molecule has 3 amide bonds. The van der Waals surface area contributed by atoms with Crippen LogP contribution in [0.2, 0.25) is 0 Å². The molecule has 1 saturated carbocycles. The predicted octanol–water partition coefficient (Wildman–Crippen LogP) is 0.982. The van der Waals surface area contributed by atoms with Gasteiger partial charge in [-0.2, -0.15) is 10.1 Å². The molecule has 5 rings (SSSR count). The second-order valence-corrected chi connectivity index (χ2v) is 8.84. The maximum absolute atomic E-state index is 12.8. The number of hydrogen-bond acceptors (Lipinski definition) is 9. The van der Waals surface area contributed by atoms with Crippen LogP contribution in [-0.2, 0) is 19.1 Å². The SMILES string of the molecule is COc1cc(C=NN2C(=O)C3C4C=CC(C4)C3C2=O)cc([N+](=O)[O-])c1OCC(=O)N1CCOCC1. The van der Waals surface area contributed by atoms with E-state index in [2.05, 4.69) is 5.10 Å². The molecule has 35 heavy (non-hydrogen) atoms. The highest BCUT2D eigenvalue weighted by molar-refractivity contribution is 6.06. The van der Waals surface area contributed by atoms with Crippen LogP contribution < -0.4 is 9.47 Å². The summed E-state index contributed by atoms with van der Waals surface area (Å²) in [5, 5.41) is 16.7. The summed E-state index contributed by atoms with van der Waals surface area (Å²) < 4.78 is 16.0. The number of hydrazone groups is 1. The topological polar surface area (TPSA) is 141 Å². The van der Waals surface area contributed by atoms with Gasteiger partial charge in [-0.15, -0.1) is 0 Å². The first-order chi connectivity index (χ1) is 16.9. The van der Waals surface area contributed by atoms with Gasteiger partial charge in [0, 0.05) is 24.7 Å². The number of fused-ring (bicyclic) bond motifs is 5. The van der Waals surface area contributed by atoms with Crippen LogP contribution in [0.25, 0.3) is 0 Å². The molecule has 3 fully saturated rings. The van der Waals surface area contributed by atoms with Crippen molar-refractivity contribution in [1.29, 1.82) is 0 Å². The summed E-state index contributed by atoms with van der Waals surface area (Å²) in [7, 11) is 1.31. The summed E-state index contributed by atoms with van der Waals surface area (Å²) in [6.45, 7) is 1.28. The number of carbonyl (C=O) groups is 3. The molecule has 2 aliphatic carbocycles. The molecule has 1 aromatic rings. The molecule has 0 N–H and O–H groups in total. The van der Waals surface area contributed by atoms with Gasteiger partial charge in [0.2, 0.25) is 5.75 Å². The zero-order chi connectivity index (χ0) is 24.7. The summed E-state index contributed by atoms with van der Waals surface area (Å²) in [5.74, 6) is -1.87. The van der Waals surface area contributed by atoms with Crippen LogP contribution in [0.5, 0.6) is 11.5 Å². The molecular formula is C23H24N4O8. The Labute approximate surface area is 200 Å². The van der Waals surface area contributed by atoms with E-state index in [0.29, 0.717) is 26.3 Å². The van der Waals surface area contributed by atoms with E-state index in [1.807, 2.05) is 12.2 Å². The Bertz CT molecular complexity index is 1110. The predicted molar refractivity (Wildman–Crippen MR) is 120 cm³/mol. The van der Waals surface area contributed by atoms with Crippen molar-refractivity contribution in [3.8, 4) is 11.5 Å². The Morgan fingerprint density at radius 1 is 1.20 bits per heavy atom. The Morgan fingerprint density at radius 2 is 1.86 bits per heavy atom. The lowest BCUT2D eigenvalue weighted by molar-refractivity contribution is -0.385. The average molecular weight is 484 g/mol. The van der Waals surface area contributed by atoms with Gasteiger partial charge in [0.25, 0.3) is 17.7 Å². The van der Waals surface area contributed by atoms with Crippen LogP contribution in [0.15, 0.2) is 29.4 Å². The van der Waals surface area contributed by atoms with E-state index in [1.54, 1.807) is 4.90 Å². The van der Waals surface area contributed by atoms with Gasteiger partial charge in [-0.3, -0.25) is 24.5 Å². The van der Waals surface area contributed by atoms with Crippen molar-refractivity contribution in [1.82, 2.24) is 9.91 Å². The van der Waals surface area contributed by atoms with Gasteiger partial charge in [-0.25, -0.2) is 0 Å². The fourth-order valence-electron chi connectivity index (χ4n) is 5.28. The molecule has 0 spiro atoms. The van der Waals surface area contributed by atoms with Crippen molar-refractivity contribution < 1.29 is 33.5 Å². The van der Waals surface area contributed by atoms with E-state index in [4.69, 9.17) is 14.2 Å². The molecule has 12 nitrogen and oxygen atoms in total. The lowest BCUT2D eigenvalue weighted by atomic mass is 9.85. The zero-order valence-electron chi connectivity index (χ0n) is 19.0. The fraction of sp³-hybridized carbons (Fsp3) is 0.478. The van der Waals surface area contributed by atoms with E-state index in [-0.39, 0.29) is 46.6 Å². The van der Waals surface area contributed by atoms with Gasteiger partial charge >= 0.3 is 5.69 Å². The quantitative estimate of drug-likeness (QED) is 0.183. The molecular weight excluding hydrogens is 460 g/mol. The minimum absolute atomic E-state index is 0.0219. The number of methoxy groups -OCH3 is 1. The molecule has 2 aliphatic heterocycles. The molecule has 4 atom stereocenters. The Morgan fingerprint density at radius 3 is 2.46 bits per heavy atom. The first-order valence-corrected chi connectivity index (χ1v) is 11.3. The number of carbonyl (C=O) groups excluding carboxylic acids is 3. The number of ether oxygens (including phenoxy) is 3. The summed E-state index contributed by atoms with van der Waals surface area (Å²) in [4.78, 5) is 50.7. The number of nitro benzene ring substituents is 1. The molecule has 1 aromatic carbocycles. The minimum atomic E-state index is -0.658. The van der Waals surface area contributed by atoms with E-state index < -0.39 is 29.1 Å². The largest absolute Gasteiger partial charge is 0.493 e. The lowest BCUT2D eigenvalue weighted by Crippen LogP contribution is -2.43. The van der Waals surface area contributed by atoms with Crippen molar-refractivity contribution in [2.45, 2.75) is 6.42 Å². The second kappa shape index (κ2) is 9.10. The van der Waals surface area contributed by atoms with Crippen molar-refractivity contribution in [3.05, 3.63) is 40.0 Å². The van der Waals surface area contributed by atoms with Gasteiger partial charge in [-0.05, 0) is 24.3 Å². The van der Waals surface area contributed by atoms with Crippen LogP contribution >= 0.6 is 0 Å². The normalized spacial score (nSPS) is 27.1. The number of benzene rings is 1. The molecule has 2 heterocycles. The monoisotopic (exact) mass is 484 g/mol. The third-order valence-electron chi connectivity index (χ3n) is 6.95. The van der Waals surface area contributed by atoms with E-state index in [1.165, 1.54) is 25.5 Å². The first kappa shape index (κ1) is 23.0. The van der Waals surface area contributed by atoms with Gasteiger partial charge in [0.1, 0.15) is 0 Å². The number of nitro groups is 1. The molecule has 0 aromatic heterocycles. The van der Waals surface area contributed by atoms with E-state index in [9.17, 15) is 24.5 Å². The minimum Gasteiger partial charge on any atom is -0.493 e. The summed E-state index contributed by atoms with van der Waals surface area (Å²) in [5.41, 5.74) is -0.196. The van der Waals surface area contributed by atoms with Gasteiger partial charge in [-0.1, -0.05) is 12.2 Å². The third kappa shape index (κ3) is 4.03. The maximum Gasteiger partial charge on any atom is 0.315 e. The number of amides is 3. The number of morpholine rings is 1. The highest BCUT2D eigenvalue weighted by atomic mass is 16.6. The molecule has 184 valence electrons. The summed E-state index contributed by atoms with van der Waals surface area (Å²) in [6, 6.07) is 2.62. The number of allylic oxidation sites excluding steroid dienone is 2. The smallest absolute Gasteiger partial charge is 0.315 e. The molecule has 4 unspecified atom stereocenters. The molecule has 0 radical (unpaired) electrons. The maximum atomic E-state index is 12.8. The van der Waals surface area contributed by atoms with Crippen molar-refractivity contribution in [3.63, 3.8) is 0 Å². The van der Waals surface area contributed by atoms with E-state index in [0.717, 1.165) is 11.4 Å². The average Bonchev–Trinajstić information content (AvgIpc) is 3.55. The number of imide groups is 1. The van der Waals surface area contributed by atoms with Crippen molar-refractivity contribution >= 4 is 29.6 Å². The molecule has 2 bridgehead atoms. The molecule has 12 heteroatoms. The van der Waals surface area contributed by atoms with Crippen molar-refractivity contribution in [2.75, 3.05) is 40.0 Å². The van der Waals surface area contributed by atoms with Crippen LogP contribution in [0.1, 0.15) is 12.0 Å². The summed E-state index contributed by atoms with van der Waals surface area (Å²) in [6.07, 6.45) is 6.00. The summed E-state index contributed by atoms with van der Waals surface area (Å²) >= 11 is 0. The van der Waals surface area contributed by atoms with Crippen LogP contribution in [0.3, 0.4) is 0 Å². The zero-order valence-corrected chi connectivity index (χ0v) is 19.0. The highest BCUT2D eigenvalue weighted by Gasteiger charge is 2.59. The third-order valence-corrected chi connectivity index (χ3v) is 6.95. The van der Waals surface area contributed by atoms with E-state index >= 15 is 0 Å². The van der Waals surface area contributed by atoms with Crippen LogP contribution in [0.4, 0.5) is 5.69 Å². The Kier molecular flexibility index (Phi) is 5.97. The standard InChI is InChI=1S/C23H24N4O8/c1-33-17-9-13(11-24-26-22(29)19-14-2-3-15(10-14)20(19)23(26)30)8-16(27(31)32)21(17)35-12-18(28)25-4-6-34-7-5-25/h2-3,8-9,11,14-15,19-20H,4-7,10,12H2,1H3. The lowest BCUT2D eigenvalue weighted by Gasteiger charge is -2.26. The number of nitrogens with zero attached hydrogens (tertiary/aromatic N) is 4. The van der Waals surface area contributed by atoms with Crippen molar-refractivity contribution in [2.24, 2.45) is 28.8 Å². The fourth-order valence-corrected chi connectivity index (χ4v) is 5.28. The molecule has 4 aliphatic rings. The molecule has 2 saturated heterocycles. The Hall–Kier alpha value is -3.80. The second-order valence-electron chi connectivity index (χ2n) is 8.84. The van der Waals surface area contributed by atoms with Gasteiger partial charge in [0.05, 0.1) is 43.3 Å². The highest BCUT2D eigenvalue weighted by Crippen LogP contribution is 2.52. The van der Waals surface area contributed by atoms with Gasteiger partial charge in [0.15, 0.2) is 12.4 Å². The number of hydrogen-bond donors (Lipinski definition) is 0. The first-order valence-electron chi connectivity index (χ1n) is 11.3. The Balaban J connectivity index is 1.35. The van der Waals surface area contributed by atoms with Gasteiger partial charge < -0.3 is 19.1 Å². The van der Waals surface area contributed by atoms with Crippen LogP contribution in [-0.4, -0.2) is 78.8 Å².